The summed E-state index contributed by atoms with van der Waals surface area (Å²) in [6, 6.07) is 15.4. The number of thiazole rings is 1. The smallest absolute Gasteiger partial charge is 0.285 e. The van der Waals surface area contributed by atoms with E-state index in [0.29, 0.717) is 16.9 Å². The molecule has 4 rings (SSSR count). The van der Waals surface area contributed by atoms with E-state index >= 15 is 0 Å². The van der Waals surface area contributed by atoms with E-state index in [4.69, 9.17) is 0 Å². The van der Waals surface area contributed by atoms with Crippen LogP contribution < -0.4 is 10.9 Å². The van der Waals surface area contributed by atoms with Gasteiger partial charge in [0.25, 0.3) is 5.56 Å². The molecule has 0 bridgehead atoms. The van der Waals surface area contributed by atoms with Crippen LogP contribution in [0.25, 0.3) is 20.8 Å². The Bertz CT molecular complexity index is 1410. The monoisotopic (exact) mass is 429 g/mol. The van der Waals surface area contributed by atoms with Gasteiger partial charge >= 0.3 is 0 Å². The fourth-order valence-corrected chi connectivity index (χ4v) is 4.27. The Kier molecular flexibility index (Phi) is 5.36. The SMILES string of the molecule is Cc1ccc2nc(-c3ccc(NC(=O)Cn4nc(C)c(C)c(C#N)c4=O)cc3)sc2c1. The molecule has 0 aliphatic carbocycles. The normalized spacial score (nSPS) is 10.8. The highest BCUT2D eigenvalue weighted by Crippen LogP contribution is 2.31. The van der Waals surface area contributed by atoms with Crippen LogP contribution in [0.2, 0.25) is 0 Å². The lowest BCUT2D eigenvalue weighted by Crippen LogP contribution is -2.32. The maximum absolute atomic E-state index is 12.4. The van der Waals surface area contributed by atoms with Crippen molar-refractivity contribution in [2.24, 2.45) is 0 Å². The molecule has 7 nitrogen and oxygen atoms in total. The minimum Gasteiger partial charge on any atom is -0.324 e. The van der Waals surface area contributed by atoms with Gasteiger partial charge in [-0.3, -0.25) is 9.59 Å². The van der Waals surface area contributed by atoms with E-state index in [1.807, 2.05) is 30.3 Å². The molecule has 2 aromatic carbocycles. The molecule has 31 heavy (non-hydrogen) atoms. The third kappa shape index (κ3) is 4.09. The molecule has 2 heterocycles. The predicted octanol–water partition coefficient (Wildman–Crippen LogP) is 3.96. The number of hydrogen-bond acceptors (Lipinski definition) is 6. The Morgan fingerprint density at radius 3 is 2.61 bits per heavy atom. The zero-order chi connectivity index (χ0) is 22.1. The molecule has 8 heteroatoms. The van der Waals surface area contributed by atoms with Crippen LogP contribution in [-0.2, 0) is 11.3 Å². The molecule has 0 fully saturated rings. The number of carbonyl (C=O) groups excluding carboxylic acids is 1. The predicted molar refractivity (Wildman–Crippen MR) is 121 cm³/mol. The number of fused-ring (bicyclic) bond motifs is 1. The van der Waals surface area contributed by atoms with Crippen LogP contribution in [0.5, 0.6) is 0 Å². The van der Waals surface area contributed by atoms with Gasteiger partial charge in [0.15, 0.2) is 0 Å². The lowest BCUT2D eigenvalue weighted by molar-refractivity contribution is -0.117. The van der Waals surface area contributed by atoms with Gasteiger partial charge in [-0.15, -0.1) is 11.3 Å². The highest BCUT2D eigenvalue weighted by Gasteiger charge is 2.14. The van der Waals surface area contributed by atoms with Crippen molar-refractivity contribution < 1.29 is 4.79 Å². The van der Waals surface area contributed by atoms with Crippen molar-refractivity contribution in [1.29, 1.82) is 5.26 Å². The summed E-state index contributed by atoms with van der Waals surface area (Å²) in [4.78, 5) is 29.5. The van der Waals surface area contributed by atoms with E-state index in [9.17, 15) is 14.9 Å². The van der Waals surface area contributed by atoms with Crippen molar-refractivity contribution >= 4 is 33.1 Å². The number of aromatic nitrogens is 3. The summed E-state index contributed by atoms with van der Waals surface area (Å²) >= 11 is 1.62. The highest BCUT2D eigenvalue weighted by atomic mass is 32.1. The number of nitriles is 1. The second-order valence-electron chi connectivity index (χ2n) is 7.28. The van der Waals surface area contributed by atoms with Crippen molar-refractivity contribution in [3.05, 3.63) is 75.2 Å². The summed E-state index contributed by atoms with van der Waals surface area (Å²) in [7, 11) is 0. The minimum atomic E-state index is -0.567. The number of nitrogens with zero attached hydrogens (tertiary/aromatic N) is 4. The van der Waals surface area contributed by atoms with E-state index in [1.165, 1.54) is 5.56 Å². The average molecular weight is 430 g/mol. The summed E-state index contributed by atoms with van der Waals surface area (Å²) in [6.45, 7) is 5.15. The molecule has 0 unspecified atom stereocenters. The van der Waals surface area contributed by atoms with E-state index in [1.54, 1.807) is 37.3 Å². The van der Waals surface area contributed by atoms with Gasteiger partial charge in [0.05, 0.1) is 15.9 Å². The summed E-state index contributed by atoms with van der Waals surface area (Å²) < 4.78 is 2.16. The molecule has 154 valence electrons. The van der Waals surface area contributed by atoms with Crippen molar-refractivity contribution in [3.63, 3.8) is 0 Å². The van der Waals surface area contributed by atoms with Gasteiger partial charge < -0.3 is 5.32 Å². The molecule has 0 aliphatic rings. The third-order valence-corrected chi connectivity index (χ3v) is 6.07. The number of rotatable bonds is 4. The van der Waals surface area contributed by atoms with Crippen LogP contribution >= 0.6 is 11.3 Å². The van der Waals surface area contributed by atoms with Gasteiger partial charge in [-0.25, -0.2) is 9.67 Å². The second kappa shape index (κ2) is 8.13. The molecule has 0 saturated carbocycles. The number of anilines is 1. The van der Waals surface area contributed by atoms with E-state index in [-0.39, 0.29) is 12.1 Å². The number of benzene rings is 2. The quantitative estimate of drug-likeness (QED) is 0.529. The summed E-state index contributed by atoms with van der Waals surface area (Å²) in [5.41, 5.74) is 4.23. The van der Waals surface area contributed by atoms with E-state index < -0.39 is 11.5 Å². The molecule has 1 amide bonds. The standard InChI is InChI=1S/C23H19N5O2S/c1-13-4-9-19-20(10-13)31-22(26-19)16-5-7-17(8-6-16)25-21(29)12-28-23(30)18(11-24)14(2)15(3)27-28/h4-10H,12H2,1-3H3,(H,25,29). The Morgan fingerprint density at radius 1 is 1.16 bits per heavy atom. The van der Waals surface area contributed by atoms with Crippen LogP contribution in [0, 0.1) is 32.1 Å². The van der Waals surface area contributed by atoms with Crippen molar-refractivity contribution in [3.8, 4) is 16.6 Å². The fraction of sp³-hybridized carbons (Fsp3) is 0.174. The van der Waals surface area contributed by atoms with Crippen LogP contribution in [0.1, 0.15) is 22.4 Å². The van der Waals surface area contributed by atoms with Crippen molar-refractivity contribution in [1.82, 2.24) is 14.8 Å². The van der Waals surface area contributed by atoms with E-state index in [2.05, 4.69) is 28.4 Å². The van der Waals surface area contributed by atoms with Crippen molar-refractivity contribution in [2.75, 3.05) is 5.32 Å². The molecule has 2 aromatic heterocycles. The summed E-state index contributed by atoms with van der Waals surface area (Å²) in [6.07, 6.45) is 0. The Balaban J connectivity index is 1.50. The lowest BCUT2D eigenvalue weighted by Gasteiger charge is -2.10. The first-order chi connectivity index (χ1) is 14.9. The molecular weight excluding hydrogens is 410 g/mol. The average Bonchev–Trinajstić information content (AvgIpc) is 3.16. The van der Waals surface area contributed by atoms with Gasteiger partial charge in [-0.2, -0.15) is 10.4 Å². The second-order valence-corrected chi connectivity index (χ2v) is 8.31. The molecule has 0 radical (unpaired) electrons. The Morgan fingerprint density at radius 2 is 1.90 bits per heavy atom. The maximum atomic E-state index is 12.4. The van der Waals surface area contributed by atoms with Gasteiger partial charge in [-0.05, 0) is 68.3 Å². The molecule has 0 atom stereocenters. The largest absolute Gasteiger partial charge is 0.324 e. The fourth-order valence-electron chi connectivity index (χ4n) is 3.20. The third-order valence-electron chi connectivity index (χ3n) is 5.00. The topological polar surface area (TPSA) is 101 Å². The van der Waals surface area contributed by atoms with Crippen LogP contribution in [0.15, 0.2) is 47.3 Å². The Hall–Kier alpha value is -3.83. The van der Waals surface area contributed by atoms with Crippen molar-refractivity contribution in [2.45, 2.75) is 27.3 Å². The number of amides is 1. The Labute approximate surface area is 182 Å². The van der Waals surface area contributed by atoms with Crippen LogP contribution in [0.4, 0.5) is 5.69 Å². The first-order valence-corrected chi connectivity index (χ1v) is 10.4. The van der Waals surface area contributed by atoms with Gasteiger partial charge in [0.2, 0.25) is 5.91 Å². The number of aryl methyl sites for hydroxylation is 2. The minimum absolute atomic E-state index is 0.00989. The number of carbonyl (C=O) groups is 1. The molecule has 0 aliphatic heterocycles. The number of hydrogen-bond donors (Lipinski definition) is 1. The molecule has 0 spiro atoms. The summed E-state index contributed by atoms with van der Waals surface area (Å²) in [5.74, 6) is -0.398. The van der Waals surface area contributed by atoms with Crippen LogP contribution in [0.3, 0.4) is 0 Å². The maximum Gasteiger partial charge on any atom is 0.285 e. The first-order valence-electron chi connectivity index (χ1n) is 9.61. The molecule has 0 saturated heterocycles. The van der Waals surface area contributed by atoms with E-state index in [0.717, 1.165) is 25.5 Å². The van der Waals surface area contributed by atoms with Gasteiger partial charge in [0, 0.05) is 11.3 Å². The summed E-state index contributed by atoms with van der Waals surface area (Å²) in [5, 5.41) is 17.0. The zero-order valence-electron chi connectivity index (χ0n) is 17.3. The van der Waals surface area contributed by atoms with Gasteiger partial charge in [-0.1, -0.05) is 6.07 Å². The molecule has 1 N–H and O–H groups in total. The lowest BCUT2D eigenvalue weighted by atomic mass is 10.1. The zero-order valence-corrected chi connectivity index (χ0v) is 18.1. The first kappa shape index (κ1) is 20.4. The van der Waals surface area contributed by atoms with Gasteiger partial charge in [0.1, 0.15) is 23.2 Å². The number of nitrogens with one attached hydrogen (secondary N) is 1. The highest BCUT2D eigenvalue weighted by molar-refractivity contribution is 7.21. The molecular formula is C23H19N5O2S. The van der Waals surface area contributed by atoms with Crippen LogP contribution in [-0.4, -0.2) is 20.7 Å². The molecule has 4 aromatic rings.